The van der Waals surface area contributed by atoms with Crippen LogP contribution >= 0.6 is 45.8 Å². The molecule has 168 valence electrons. The Hall–Kier alpha value is -2.75. The minimum Gasteiger partial charge on any atom is -0.493 e. The van der Waals surface area contributed by atoms with Crippen molar-refractivity contribution in [2.75, 3.05) is 12.0 Å². The second-order valence-corrected chi connectivity index (χ2v) is 9.09. The Morgan fingerprint density at radius 1 is 1.03 bits per heavy atom. The van der Waals surface area contributed by atoms with E-state index in [1.54, 1.807) is 55.7 Å². The van der Waals surface area contributed by atoms with Crippen LogP contribution in [0.2, 0.25) is 10.0 Å². The van der Waals surface area contributed by atoms with Gasteiger partial charge in [0.2, 0.25) is 0 Å². The average molecular weight is 595 g/mol. The van der Waals surface area contributed by atoms with Gasteiger partial charge in [-0.2, -0.15) is 0 Å². The third kappa shape index (κ3) is 5.26. The van der Waals surface area contributed by atoms with E-state index in [1.807, 2.05) is 18.2 Å². The zero-order valence-corrected chi connectivity index (χ0v) is 20.9. The summed E-state index contributed by atoms with van der Waals surface area (Å²) in [6, 6.07) is 17.0. The van der Waals surface area contributed by atoms with Crippen molar-refractivity contribution in [3.05, 3.63) is 91.1 Å². The highest BCUT2D eigenvalue weighted by atomic mass is 127. The summed E-state index contributed by atoms with van der Waals surface area (Å²) in [6.45, 7) is 0.340. The topological polar surface area (TPSA) is 67.9 Å². The van der Waals surface area contributed by atoms with Crippen molar-refractivity contribution < 1.29 is 19.1 Å². The molecule has 3 aromatic rings. The van der Waals surface area contributed by atoms with E-state index in [0.29, 0.717) is 39.4 Å². The van der Waals surface area contributed by atoms with Crippen LogP contribution in [-0.4, -0.2) is 19.0 Å². The SMILES string of the molecule is COc1cc(/C=C2\NC(=O)N(c3cccc(Cl)c3)C2=O)cc(I)c1OCc1ccc(Cl)cc1. The van der Waals surface area contributed by atoms with Gasteiger partial charge < -0.3 is 14.8 Å². The number of ether oxygens (including phenoxy) is 2. The van der Waals surface area contributed by atoms with Crippen molar-refractivity contribution >= 4 is 69.5 Å². The minimum atomic E-state index is -0.543. The first kappa shape index (κ1) is 23.4. The number of nitrogens with one attached hydrogen (secondary N) is 1. The number of hydrogen-bond acceptors (Lipinski definition) is 4. The summed E-state index contributed by atoms with van der Waals surface area (Å²) in [6.07, 6.45) is 1.60. The van der Waals surface area contributed by atoms with Gasteiger partial charge in [0.1, 0.15) is 12.3 Å². The molecular weight excluding hydrogens is 578 g/mol. The van der Waals surface area contributed by atoms with Crippen LogP contribution in [-0.2, 0) is 11.4 Å². The molecule has 0 aliphatic carbocycles. The number of rotatable bonds is 6. The maximum Gasteiger partial charge on any atom is 0.333 e. The molecule has 0 saturated carbocycles. The predicted molar refractivity (Wildman–Crippen MR) is 137 cm³/mol. The van der Waals surface area contributed by atoms with Gasteiger partial charge in [0.05, 0.1) is 16.4 Å². The van der Waals surface area contributed by atoms with Crippen molar-refractivity contribution in [2.24, 2.45) is 0 Å². The first-order valence-electron chi connectivity index (χ1n) is 9.73. The Morgan fingerprint density at radius 3 is 2.48 bits per heavy atom. The fraction of sp³-hybridized carbons (Fsp3) is 0.0833. The molecule has 4 rings (SSSR count). The molecule has 0 spiro atoms. The number of nitrogens with zero attached hydrogens (tertiary/aromatic N) is 1. The van der Waals surface area contributed by atoms with E-state index < -0.39 is 11.9 Å². The molecule has 0 bridgehead atoms. The number of urea groups is 1. The Kier molecular flexibility index (Phi) is 7.11. The summed E-state index contributed by atoms with van der Waals surface area (Å²) in [5, 5.41) is 3.70. The molecule has 0 radical (unpaired) electrons. The van der Waals surface area contributed by atoms with Crippen LogP contribution in [0, 0.1) is 3.57 Å². The van der Waals surface area contributed by atoms with E-state index in [4.69, 9.17) is 32.7 Å². The smallest absolute Gasteiger partial charge is 0.333 e. The lowest BCUT2D eigenvalue weighted by Gasteiger charge is -2.14. The maximum atomic E-state index is 12.9. The molecule has 0 atom stereocenters. The van der Waals surface area contributed by atoms with Gasteiger partial charge in [-0.3, -0.25) is 4.79 Å². The molecule has 0 aromatic heterocycles. The molecule has 1 aliphatic rings. The van der Waals surface area contributed by atoms with Gasteiger partial charge in [-0.25, -0.2) is 9.69 Å². The molecule has 0 unspecified atom stereocenters. The van der Waals surface area contributed by atoms with E-state index >= 15 is 0 Å². The molecule has 1 saturated heterocycles. The van der Waals surface area contributed by atoms with Crippen molar-refractivity contribution in [3.63, 3.8) is 0 Å². The van der Waals surface area contributed by atoms with Crippen molar-refractivity contribution in [1.29, 1.82) is 0 Å². The summed E-state index contributed by atoms with van der Waals surface area (Å²) >= 11 is 14.1. The van der Waals surface area contributed by atoms with E-state index in [9.17, 15) is 9.59 Å². The molecule has 1 fully saturated rings. The van der Waals surface area contributed by atoms with Gasteiger partial charge in [-0.15, -0.1) is 0 Å². The van der Waals surface area contributed by atoms with E-state index in [2.05, 4.69) is 27.9 Å². The second-order valence-electron chi connectivity index (χ2n) is 7.06. The third-order valence-corrected chi connectivity index (χ3v) is 6.09. The molecule has 33 heavy (non-hydrogen) atoms. The number of carbonyl (C=O) groups is 2. The van der Waals surface area contributed by atoms with Gasteiger partial charge in [0, 0.05) is 10.0 Å². The highest BCUT2D eigenvalue weighted by Gasteiger charge is 2.35. The van der Waals surface area contributed by atoms with Crippen LogP contribution in [0.5, 0.6) is 11.5 Å². The molecular formula is C24H17Cl2IN2O4. The fourth-order valence-corrected chi connectivity index (χ4v) is 4.34. The number of methoxy groups -OCH3 is 1. The maximum absolute atomic E-state index is 12.9. The van der Waals surface area contributed by atoms with Crippen LogP contribution in [0.4, 0.5) is 10.5 Å². The lowest BCUT2D eigenvalue weighted by Crippen LogP contribution is -2.30. The van der Waals surface area contributed by atoms with Crippen molar-refractivity contribution in [2.45, 2.75) is 6.61 Å². The Bertz CT molecular complexity index is 1260. The Morgan fingerprint density at radius 2 is 1.79 bits per heavy atom. The van der Waals surface area contributed by atoms with E-state index in [1.165, 1.54) is 0 Å². The summed E-state index contributed by atoms with van der Waals surface area (Å²) < 4.78 is 12.3. The number of imide groups is 1. The predicted octanol–water partition coefficient (Wildman–Crippen LogP) is 6.28. The largest absolute Gasteiger partial charge is 0.493 e. The quantitative estimate of drug-likeness (QED) is 0.207. The van der Waals surface area contributed by atoms with Crippen molar-refractivity contribution in [3.8, 4) is 11.5 Å². The molecule has 1 aliphatic heterocycles. The zero-order valence-electron chi connectivity index (χ0n) is 17.3. The molecule has 9 heteroatoms. The fourth-order valence-electron chi connectivity index (χ4n) is 3.25. The normalized spacial score (nSPS) is 14.5. The highest BCUT2D eigenvalue weighted by Crippen LogP contribution is 2.35. The molecule has 1 N–H and O–H groups in total. The lowest BCUT2D eigenvalue weighted by atomic mass is 10.1. The number of hydrogen-bond donors (Lipinski definition) is 1. The number of anilines is 1. The molecule has 3 aromatic carbocycles. The zero-order chi connectivity index (χ0) is 23.5. The second kappa shape index (κ2) is 10.0. The Balaban J connectivity index is 1.58. The first-order valence-corrected chi connectivity index (χ1v) is 11.6. The average Bonchev–Trinajstić information content (AvgIpc) is 3.06. The van der Waals surface area contributed by atoms with Crippen LogP contribution < -0.4 is 19.7 Å². The summed E-state index contributed by atoms with van der Waals surface area (Å²) in [7, 11) is 1.54. The number of carbonyl (C=O) groups excluding carboxylic acids is 2. The first-order chi connectivity index (χ1) is 15.9. The third-order valence-electron chi connectivity index (χ3n) is 4.80. The number of amides is 3. The highest BCUT2D eigenvalue weighted by molar-refractivity contribution is 14.1. The monoisotopic (exact) mass is 594 g/mol. The minimum absolute atomic E-state index is 0.146. The molecule has 3 amide bonds. The number of halogens is 3. The molecule has 6 nitrogen and oxygen atoms in total. The van der Waals surface area contributed by atoms with Gasteiger partial charge in [0.15, 0.2) is 11.5 Å². The van der Waals surface area contributed by atoms with Crippen LogP contribution in [0.15, 0.2) is 66.4 Å². The number of benzene rings is 3. The summed E-state index contributed by atoms with van der Waals surface area (Å²) in [5.74, 6) is 0.614. The van der Waals surface area contributed by atoms with Crippen LogP contribution in [0.1, 0.15) is 11.1 Å². The summed E-state index contributed by atoms with van der Waals surface area (Å²) in [4.78, 5) is 26.4. The van der Waals surface area contributed by atoms with E-state index in [0.717, 1.165) is 14.0 Å². The van der Waals surface area contributed by atoms with Gasteiger partial charge in [-0.05, 0) is 82.3 Å². The van der Waals surface area contributed by atoms with E-state index in [-0.39, 0.29) is 5.70 Å². The van der Waals surface area contributed by atoms with Crippen LogP contribution in [0.3, 0.4) is 0 Å². The Labute approximate surface area is 214 Å². The standard InChI is InChI=1S/C24H17Cl2IN2O4/c1-32-21-11-15(9-19(27)22(21)33-13-14-5-7-16(25)8-6-14)10-20-23(30)29(24(31)28-20)18-4-2-3-17(26)12-18/h2-12H,13H2,1H3,(H,28,31)/b20-10-. The van der Waals surface area contributed by atoms with Crippen LogP contribution in [0.25, 0.3) is 6.08 Å². The van der Waals surface area contributed by atoms with Crippen molar-refractivity contribution in [1.82, 2.24) is 5.32 Å². The molecule has 1 heterocycles. The van der Waals surface area contributed by atoms with Gasteiger partial charge in [0.25, 0.3) is 5.91 Å². The lowest BCUT2D eigenvalue weighted by molar-refractivity contribution is -0.113. The van der Waals surface area contributed by atoms with Gasteiger partial charge >= 0.3 is 6.03 Å². The summed E-state index contributed by atoms with van der Waals surface area (Å²) in [5.41, 5.74) is 2.18. The van der Waals surface area contributed by atoms with Gasteiger partial charge in [-0.1, -0.05) is 41.4 Å².